The summed E-state index contributed by atoms with van der Waals surface area (Å²) < 4.78 is 29.9. The summed E-state index contributed by atoms with van der Waals surface area (Å²) in [4.78, 5) is 52.6. The number of esters is 2. The second-order valence-electron chi connectivity index (χ2n) is 14.0. The van der Waals surface area contributed by atoms with Crippen LogP contribution in [0.2, 0.25) is 0 Å². The predicted octanol–water partition coefficient (Wildman–Crippen LogP) is 6.19. The first-order chi connectivity index (χ1) is 21.9. The van der Waals surface area contributed by atoms with Gasteiger partial charge >= 0.3 is 11.9 Å². The molecule has 6 rings (SSSR count). The third-order valence-electron chi connectivity index (χ3n) is 11.9. The van der Waals surface area contributed by atoms with E-state index in [1.165, 1.54) is 12.2 Å². The first-order valence-electron chi connectivity index (χ1n) is 16.6. The predicted molar refractivity (Wildman–Crippen MR) is 170 cm³/mol. The van der Waals surface area contributed by atoms with Gasteiger partial charge in [-0.2, -0.15) is 0 Å². The number of rotatable bonds is 8. The molecule has 0 aliphatic heterocycles. The summed E-state index contributed by atoms with van der Waals surface area (Å²) in [5, 5.41) is 14.2. The minimum absolute atomic E-state index is 0.00952. The molecule has 3 fully saturated rings. The molecule has 8 heteroatoms. The van der Waals surface area contributed by atoms with Crippen molar-refractivity contribution in [2.75, 3.05) is 6.61 Å². The molecule has 2 aromatic rings. The number of allylic oxidation sites excluding steroid dienone is 4. The number of hydrogen-bond donors (Lipinski definition) is 1. The number of halogens is 1. The van der Waals surface area contributed by atoms with Gasteiger partial charge in [0.25, 0.3) is 0 Å². The molecule has 0 spiro atoms. The van der Waals surface area contributed by atoms with Crippen LogP contribution in [0.1, 0.15) is 71.8 Å². The van der Waals surface area contributed by atoms with E-state index in [0.717, 1.165) is 16.3 Å². The van der Waals surface area contributed by atoms with Crippen LogP contribution in [0.15, 0.2) is 66.3 Å². The highest BCUT2D eigenvalue weighted by atomic mass is 19.1. The Kier molecular flexibility index (Phi) is 8.11. The minimum atomic E-state index is -2.14. The Morgan fingerprint density at radius 3 is 2.48 bits per heavy atom. The lowest BCUT2D eigenvalue weighted by Crippen LogP contribution is -2.71. The van der Waals surface area contributed by atoms with Crippen LogP contribution < -0.4 is 0 Å². The fourth-order valence-corrected chi connectivity index (χ4v) is 9.85. The number of ketones is 2. The van der Waals surface area contributed by atoms with Crippen molar-refractivity contribution in [3.8, 4) is 0 Å². The highest BCUT2D eigenvalue weighted by Crippen LogP contribution is 2.72. The van der Waals surface area contributed by atoms with Crippen molar-refractivity contribution in [1.82, 2.24) is 0 Å². The van der Waals surface area contributed by atoms with Crippen LogP contribution in [-0.2, 0) is 35.1 Å². The summed E-state index contributed by atoms with van der Waals surface area (Å²) in [6.45, 7) is 6.31. The average molecular weight is 631 g/mol. The topological polar surface area (TPSA) is 107 Å². The van der Waals surface area contributed by atoms with E-state index in [0.29, 0.717) is 24.8 Å². The van der Waals surface area contributed by atoms with Crippen LogP contribution in [-0.4, -0.2) is 52.6 Å². The number of carbonyl (C=O) groups is 4. The van der Waals surface area contributed by atoms with Crippen molar-refractivity contribution >= 4 is 34.3 Å². The van der Waals surface area contributed by atoms with Gasteiger partial charge in [0.05, 0.1) is 6.10 Å². The van der Waals surface area contributed by atoms with Gasteiger partial charge in [-0.15, -0.1) is 0 Å². The normalized spacial score (nSPS) is 36.3. The summed E-state index contributed by atoms with van der Waals surface area (Å²) in [7, 11) is 0. The van der Waals surface area contributed by atoms with E-state index in [2.05, 4.69) is 0 Å². The number of Topliss-reactive ketones (excluding diaryl/α,β-unsaturated/α-hetero) is 1. The van der Waals surface area contributed by atoms with Gasteiger partial charge in [0, 0.05) is 35.5 Å². The monoisotopic (exact) mass is 630 g/mol. The number of fused-ring (bicyclic) bond motifs is 6. The van der Waals surface area contributed by atoms with Crippen molar-refractivity contribution in [1.29, 1.82) is 0 Å². The standard InChI is InChI=1S/C38H43FO7/c1-5-33(43)45-22-32(42)38(46-34(44)6-2)23(3)18-30-29-15-14-26-19-27(40)16-17-35(26,4)37(29,39)31(41)21-36(30,38)20-25-12-9-11-24-10-7-8-13-28(24)25/h7-13,16-17,19,23,29-31,41H,5-6,14-15,18,20-22H2,1-4H3/t23-,29-,30-,31-,35-,36-,37?,38-/m0/s1. The Morgan fingerprint density at radius 2 is 1.74 bits per heavy atom. The third kappa shape index (κ3) is 4.46. The van der Waals surface area contributed by atoms with Crippen LogP contribution in [0.25, 0.3) is 10.8 Å². The lowest BCUT2D eigenvalue weighted by molar-refractivity contribution is -0.233. The Morgan fingerprint density at radius 1 is 1.02 bits per heavy atom. The SMILES string of the molecule is CCC(=O)OCC(=O)[C@@]1(OC(=O)CC)[C@@H](C)C[C@H]2[C@@H]3CCC4=CC(=O)C=C[C@]4(C)C3(F)[C@@H](O)C[C@@]21Cc1cccc2ccccc12. The van der Waals surface area contributed by atoms with Gasteiger partial charge in [-0.1, -0.05) is 74.9 Å². The lowest BCUT2D eigenvalue weighted by atomic mass is 9.43. The highest BCUT2D eigenvalue weighted by Gasteiger charge is 2.78. The Hall–Kier alpha value is -3.65. The van der Waals surface area contributed by atoms with E-state index < -0.39 is 70.3 Å². The molecule has 1 N–H and O–H groups in total. The number of ether oxygens (including phenoxy) is 2. The maximum atomic E-state index is 18.2. The molecule has 3 saturated carbocycles. The van der Waals surface area contributed by atoms with E-state index in [-0.39, 0.29) is 31.5 Å². The first kappa shape index (κ1) is 32.3. The average Bonchev–Trinajstić information content (AvgIpc) is 3.27. The van der Waals surface area contributed by atoms with E-state index in [1.54, 1.807) is 26.8 Å². The zero-order valence-corrected chi connectivity index (χ0v) is 27.0. The zero-order chi connectivity index (χ0) is 33.1. The zero-order valence-electron chi connectivity index (χ0n) is 27.0. The molecule has 0 radical (unpaired) electrons. The van der Waals surface area contributed by atoms with Crippen molar-refractivity contribution in [2.45, 2.75) is 90.0 Å². The van der Waals surface area contributed by atoms with E-state index in [9.17, 15) is 24.3 Å². The number of hydrogen-bond acceptors (Lipinski definition) is 7. The van der Waals surface area contributed by atoms with Gasteiger partial charge in [0.2, 0.25) is 5.78 Å². The van der Waals surface area contributed by atoms with Crippen LogP contribution in [0.5, 0.6) is 0 Å². The Balaban J connectivity index is 1.58. The molecule has 4 aliphatic carbocycles. The molecule has 4 aliphatic rings. The molecule has 46 heavy (non-hydrogen) atoms. The smallest absolute Gasteiger partial charge is 0.306 e. The quantitative estimate of drug-likeness (QED) is 0.347. The van der Waals surface area contributed by atoms with Gasteiger partial charge in [0.15, 0.2) is 23.7 Å². The van der Waals surface area contributed by atoms with Gasteiger partial charge in [-0.05, 0) is 73.4 Å². The number of carbonyl (C=O) groups excluding carboxylic acids is 4. The molecular weight excluding hydrogens is 587 g/mol. The largest absolute Gasteiger partial charge is 0.457 e. The number of aliphatic hydroxyl groups excluding tert-OH is 1. The van der Waals surface area contributed by atoms with E-state index >= 15 is 4.39 Å². The fraction of sp³-hybridized carbons (Fsp3) is 0.526. The summed E-state index contributed by atoms with van der Waals surface area (Å²) >= 11 is 0. The van der Waals surface area contributed by atoms with Crippen molar-refractivity contribution in [3.05, 3.63) is 71.8 Å². The Labute approximate surface area is 269 Å². The van der Waals surface area contributed by atoms with Crippen LogP contribution in [0.4, 0.5) is 4.39 Å². The molecule has 244 valence electrons. The van der Waals surface area contributed by atoms with Crippen LogP contribution >= 0.6 is 0 Å². The van der Waals surface area contributed by atoms with Crippen LogP contribution in [0, 0.1) is 28.6 Å². The second kappa shape index (κ2) is 11.5. The first-order valence-corrected chi connectivity index (χ1v) is 16.6. The maximum absolute atomic E-state index is 18.2. The van der Waals surface area contributed by atoms with Crippen molar-refractivity contribution in [2.24, 2.45) is 28.6 Å². The molecule has 7 nitrogen and oxygen atoms in total. The number of benzene rings is 2. The van der Waals surface area contributed by atoms with Gasteiger partial charge in [-0.3, -0.25) is 19.2 Å². The number of alkyl halides is 1. The third-order valence-corrected chi connectivity index (χ3v) is 11.9. The Bertz CT molecular complexity index is 1660. The molecule has 0 heterocycles. The molecule has 0 saturated heterocycles. The van der Waals surface area contributed by atoms with E-state index in [1.807, 2.05) is 49.4 Å². The van der Waals surface area contributed by atoms with Gasteiger partial charge in [0.1, 0.15) is 0 Å². The van der Waals surface area contributed by atoms with Gasteiger partial charge in [-0.25, -0.2) is 4.39 Å². The van der Waals surface area contributed by atoms with Gasteiger partial charge < -0.3 is 14.6 Å². The molecule has 0 aromatic heterocycles. The number of aliphatic hydroxyl groups is 1. The summed E-state index contributed by atoms with van der Waals surface area (Å²) in [6, 6.07) is 13.8. The summed E-state index contributed by atoms with van der Waals surface area (Å²) in [6.07, 6.45) is 4.30. The second-order valence-corrected chi connectivity index (χ2v) is 14.0. The lowest BCUT2D eigenvalue weighted by Gasteiger charge is -2.63. The minimum Gasteiger partial charge on any atom is -0.457 e. The molecule has 0 amide bonds. The van der Waals surface area contributed by atoms with Crippen molar-refractivity contribution < 1.29 is 38.1 Å². The highest BCUT2D eigenvalue weighted by molar-refractivity contribution is 6.01. The maximum Gasteiger partial charge on any atom is 0.306 e. The molecule has 2 aromatic carbocycles. The molecule has 1 unspecified atom stereocenters. The van der Waals surface area contributed by atoms with E-state index in [4.69, 9.17) is 9.47 Å². The fourth-order valence-electron chi connectivity index (χ4n) is 9.85. The summed E-state index contributed by atoms with van der Waals surface area (Å²) in [5.41, 5.74) is -4.79. The molecular formula is C38H43FO7. The van der Waals surface area contributed by atoms with Crippen LogP contribution in [0.3, 0.4) is 0 Å². The summed E-state index contributed by atoms with van der Waals surface area (Å²) in [5.74, 6) is -3.62. The molecule has 8 atom stereocenters. The van der Waals surface area contributed by atoms with Crippen molar-refractivity contribution in [3.63, 3.8) is 0 Å². The molecule has 0 bridgehead atoms.